The highest BCUT2D eigenvalue weighted by molar-refractivity contribution is 8.76. The summed E-state index contributed by atoms with van der Waals surface area (Å²) in [6.45, 7) is 14.4. The largest absolute Gasteiger partial charge is 0.381 e. The van der Waals surface area contributed by atoms with Crippen LogP contribution in [-0.2, 0) is 13.8 Å². The average Bonchev–Trinajstić information content (AvgIpc) is 3.40. The van der Waals surface area contributed by atoms with Gasteiger partial charge in [0, 0.05) is 49.6 Å². The SMILES string of the molecule is CCCOP(OCCCSSCCCOCCC1[C@H]2CCC#CCC[C@@H]12)N(C(C)C)C(C)C. The number of fused-ring (bicyclic) bond motifs is 1. The van der Waals surface area contributed by atoms with Crippen LogP contribution in [0.2, 0.25) is 0 Å². The predicted molar refractivity (Wildman–Crippen MR) is 148 cm³/mol. The van der Waals surface area contributed by atoms with E-state index in [-0.39, 0.29) is 0 Å². The van der Waals surface area contributed by atoms with E-state index in [2.05, 4.69) is 51.1 Å². The second-order valence-electron chi connectivity index (χ2n) is 9.65. The molecule has 0 aromatic heterocycles. The van der Waals surface area contributed by atoms with Crippen LogP contribution in [0.3, 0.4) is 0 Å². The fourth-order valence-electron chi connectivity index (χ4n) is 4.70. The second-order valence-corrected chi connectivity index (χ2v) is 13.8. The van der Waals surface area contributed by atoms with Gasteiger partial charge in [-0.15, -0.1) is 11.8 Å². The summed E-state index contributed by atoms with van der Waals surface area (Å²) in [4.78, 5) is 0. The summed E-state index contributed by atoms with van der Waals surface area (Å²) >= 11 is 0. The second kappa shape index (κ2) is 17.9. The maximum absolute atomic E-state index is 6.19. The Bertz CT molecular complexity index is 543. The van der Waals surface area contributed by atoms with Crippen LogP contribution in [0.4, 0.5) is 0 Å². The van der Waals surface area contributed by atoms with Gasteiger partial charge in [0.2, 0.25) is 0 Å². The van der Waals surface area contributed by atoms with Crippen LogP contribution in [-0.4, -0.2) is 54.7 Å². The third-order valence-corrected chi connectivity index (χ3v) is 10.9. The molecule has 0 amide bonds. The van der Waals surface area contributed by atoms with Gasteiger partial charge >= 0.3 is 0 Å². The highest BCUT2D eigenvalue weighted by atomic mass is 33.1. The summed E-state index contributed by atoms with van der Waals surface area (Å²) in [6.07, 6.45) is 9.37. The normalized spacial score (nSPS) is 23.2. The molecule has 33 heavy (non-hydrogen) atoms. The zero-order valence-corrected chi connectivity index (χ0v) is 24.2. The molecule has 2 rings (SSSR count). The van der Waals surface area contributed by atoms with Gasteiger partial charge in [-0.1, -0.05) is 28.5 Å². The van der Waals surface area contributed by atoms with Crippen LogP contribution < -0.4 is 0 Å². The van der Waals surface area contributed by atoms with E-state index in [1.165, 1.54) is 25.0 Å². The first-order valence-corrected chi connectivity index (χ1v) is 16.8. The van der Waals surface area contributed by atoms with Crippen LogP contribution in [0.15, 0.2) is 0 Å². The molecule has 1 fully saturated rings. The van der Waals surface area contributed by atoms with Crippen LogP contribution >= 0.6 is 30.1 Å². The Hall–Kier alpha value is 0.530. The van der Waals surface area contributed by atoms with Crippen molar-refractivity contribution in [3.63, 3.8) is 0 Å². The standard InChI is InChI=1S/C26H48NO3PS2/c1-6-16-29-31(27(22(2)3)23(4)5)30-18-12-21-33-32-20-11-17-28-19-15-26-24-13-9-7-8-10-14-25(24)26/h22-26H,6,9-21H2,1-5H3/t24-,25+,26?,31?. The van der Waals surface area contributed by atoms with E-state index in [1.54, 1.807) is 0 Å². The zero-order chi connectivity index (χ0) is 23.9. The highest BCUT2D eigenvalue weighted by Crippen LogP contribution is 2.54. The first kappa shape index (κ1) is 29.8. The Balaban J connectivity index is 1.41. The van der Waals surface area contributed by atoms with Crippen molar-refractivity contribution in [1.29, 1.82) is 0 Å². The van der Waals surface area contributed by atoms with Gasteiger partial charge in [0.05, 0.1) is 13.2 Å². The smallest absolute Gasteiger partial charge is 0.259 e. The Morgan fingerprint density at radius 1 is 0.848 bits per heavy atom. The number of rotatable bonds is 19. The molecule has 0 aromatic carbocycles. The van der Waals surface area contributed by atoms with Crippen molar-refractivity contribution in [2.45, 2.75) is 98.1 Å². The van der Waals surface area contributed by atoms with Gasteiger partial charge in [-0.25, -0.2) is 4.67 Å². The Morgan fingerprint density at radius 2 is 1.42 bits per heavy atom. The molecule has 192 valence electrons. The molecule has 0 saturated heterocycles. The summed E-state index contributed by atoms with van der Waals surface area (Å²) in [5.41, 5.74) is 0. The van der Waals surface area contributed by atoms with Crippen molar-refractivity contribution >= 4 is 30.1 Å². The van der Waals surface area contributed by atoms with Crippen molar-refractivity contribution in [2.75, 3.05) is 37.9 Å². The predicted octanol–water partition coefficient (Wildman–Crippen LogP) is 7.78. The summed E-state index contributed by atoms with van der Waals surface area (Å²) in [6, 6.07) is 0.856. The maximum atomic E-state index is 6.19. The zero-order valence-electron chi connectivity index (χ0n) is 21.7. The lowest BCUT2D eigenvalue weighted by Gasteiger charge is -2.35. The molecule has 1 saturated carbocycles. The molecule has 0 aliphatic heterocycles. The molecule has 4 atom stereocenters. The Morgan fingerprint density at radius 3 is 2.00 bits per heavy atom. The Labute approximate surface area is 213 Å². The summed E-state index contributed by atoms with van der Waals surface area (Å²) in [5, 5.41) is 0. The lowest BCUT2D eigenvalue weighted by Crippen LogP contribution is -2.33. The fourth-order valence-corrected chi connectivity index (χ4v) is 8.54. The Kier molecular flexibility index (Phi) is 16.1. The molecule has 0 aromatic rings. The molecule has 2 unspecified atom stereocenters. The minimum atomic E-state index is -0.958. The number of nitrogens with zero attached hydrogens (tertiary/aromatic N) is 1. The molecule has 0 heterocycles. The molecule has 4 nitrogen and oxygen atoms in total. The quantitative estimate of drug-likeness (QED) is 0.0752. The monoisotopic (exact) mass is 517 g/mol. The minimum Gasteiger partial charge on any atom is -0.381 e. The van der Waals surface area contributed by atoms with E-state index in [0.29, 0.717) is 12.1 Å². The molecule has 0 spiro atoms. The summed E-state index contributed by atoms with van der Waals surface area (Å²) < 4.78 is 20.6. The van der Waals surface area contributed by atoms with E-state index >= 15 is 0 Å². The summed E-state index contributed by atoms with van der Waals surface area (Å²) in [7, 11) is 2.97. The molecule has 7 heteroatoms. The van der Waals surface area contributed by atoms with Crippen LogP contribution in [0.25, 0.3) is 0 Å². The van der Waals surface area contributed by atoms with Crippen molar-refractivity contribution in [3.05, 3.63) is 0 Å². The van der Waals surface area contributed by atoms with Gasteiger partial charge in [-0.2, -0.15) is 0 Å². The van der Waals surface area contributed by atoms with Crippen LogP contribution in [0, 0.1) is 29.6 Å². The van der Waals surface area contributed by atoms with E-state index in [1.807, 2.05) is 21.6 Å². The lowest BCUT2D eigenvalue weighted by molar-refractivity contribution is 0.127. The third-order valence-electron chi connectivity index (χ3n) is 6.26. The van der Waals surface area contributed by atoms with Crippen molar-refractivity contribution in [3.8, 4) is 11.8 Å². The molecular formula is C26H48NO3PS2. The number of ether oxygens (including phenoxy) is 1. The summed E-state index contributed by atoms with van der Waals surface area (Å²) in [5.74, 6) is 11.7. The minimum absolute atomic E-state index is 0.428. The number of hydrogen-bond donors (Lipinski definition) is 0. The van der Waals surface area contributed by atoms with E-state index in [9.17, 15) is 0 Å². The maximum Gasteiger partial charge on any atom is 0.259 e. The van der Waals surface area contributed by atoms with Crippen molar-refractivity contribution in [1.82, 2.24) is 4.67 Å². The molecule has 2 aliphatic carbocycles. The van der Waals surface area contributed by atoms with Gasteiger partial charge in [-0.3, -0.25) is 0 Å². The molecule has 0 N–H and O–H groups in total. The fraction of sp³-hybridized carbons (Fsp3) is 0.923. The highest BCUT2D eigenvalue weighted by Gasteiger charge is 2.47. The van der Waals surface area contributed by atoms with Gasteiger partial charge in [0.15, 0.2) is 0 Å². The van der Waals surface area contributed by atoms with Gasteiger partial charge in [0.25, 0.3) is 8.53 Å². The average molecular weight is 518 g/mol. The van der Waals surface area contributed by atoms with Crippen molar-refractivity contribution < 1.29 is 13.8 Å². The van der Waals surface area contributed by atoms with Gasteiger partial charge in [-0.05, 0) is 84.0 Å². The first-order chi connectivity index (χ1) is 16.1. The molecule has 0 radical (unpaired) electrons. The van der Waals surface area contributed by atoms with E-state index in [0.717, 1.165) is 82.0 Å². The van der Waals surface area contributed by atoms with E-state index < -0.39 is 8.53 Å². The van der Waals surface area contributed by atoms with Gasteiger partial charge in [0.1, 0.15) is 0 Å². The number of hydrogen-bond acceptors (Lipinski definition) is 6. The van der Waals surface area contributed by atoms with Crippen molar-refractivity contribution in [2.24, 2.45) is 17.8 Å². The van der Waals surface area contributed by atoms with Gasteiger partial charge < -0.3 is 13.8 Å². The molecular weight excluding hydrogens is 469 g/mol. The molecule has 0 bridgehead atoms. The van der Waals surface area contributed by atoms with Crippen LogP contribution in [0.5, 0.6) is 0 Å². The lowest BCUT2D eigenvalue weighted by atomic mass is 10.1. The molecule has 2 aliphatic rings. The van der Waals surface area contributed by atoms with E-state index in [4.69, 9.17) is 13.8 Å². The first-order valence-electron chi connectivity index (χ1n) is 13.2. The van der Waals surface area contributed by atoms with Crippen LogP contribution in [0.1, 0.15) is 86.0 Å². The topological polar surface area (TPSA) is 30.9 Å². The third kappa shape index (κ3) is 11.9.